The standard InChI is InChI=1S/C15H14ClF3N4O/c1-24-11-5-2-8(16)6-10(11)21-13-7-12(15(17,18)19)22-14(23-13)20-9-3-4-9/h2,5-7,9H,3-4H2,1H3,(H2,20,21,22,23). The van der Waals surface area contributed by atoms with Crippen molar-refractivity contribution in [2.75, 3.05) is 17.7 Å². The average Bonchev–Trinajstić information content (AvgIpc) is 3.30. The van der Waals surface area contributed by atoms with Crippen LogP contribution in [0, 0.1) is 0 Å². The van der Waals surface area contributed by atoms with Crippen molar-refractivity contribution >= 4 is 29.1 Å². The van der Waals surface area contributed by atoms with Gasteiger partial charge in [0, 0.05) is 17.1 Å². The molecule has 3 rings (SSSR count). The van der Waals surface area contributed by atoms with Crippen LogP contribution in [-0.4, -0.2) is 23.1 Å². The van der Waals surface area contributed by atoms with Crippen LogP contribution in [-0.2, 0) is 6.18 Å². The molecule has 24 heavy (non-hydrogen) atoms. The molecule has 128 valence electrons. The summed E-state index contributed by atoms with van der Waals surface area (Å²) in [6, 6.07) is 5.75. The van der Waals surface area contributed by atoms with E-state index in [9.17, 15) is 13.2 Å². The van der Waals surface area contributed by atoms with Gasteiger partial charge in [-0.15, -0.1) is 0 Å². The van der Waals surface area contributed by atoms with E-state index in [1.807, 2.05) is 0 Å². The number of nitrogens with zero attached hydrogens (tertiary/aromatic N) is 2. The van der Waals surface area contributed by atoms with Gasteiger partial charge in [0.05, 0.1) is 12.8 Å². The summed E-state index contributed by atoms with van der Waals surface area (Å²) < 4.78 is 44.3. The summed E-state index contributed by atoms with van der Waals surface area (Å²) in [6.07, 6.45) is -2.78. The number of alkyl halides is 3. The molecule has 5 nitrogen and oxygen atoms in total. The molecule has 1 saturated carbocycles. The molecule has 2 N–H and O–H groups in total. The minimum atomic E-state index is -4.57. The molecular formula is C15H14ClF3N4O. The number of rotatable bonds is 5. The van der Waals surface area contributed by atoms with Gasteiger partial charge in [0.2, 0.25) is 5.95 Å². The highest BCUT2D eigenvalue weighted by molar-refractivity contribution is 6.31. The zero-order valence-corrected chi connectivity index (χ0v) is 13.4. The first kappa shape index (κ1) is 16.6. The maximum Gasteiger partial charge on any atom is 0.433 e. The van der Waals surface area contributed by atoms with Crippen LogP contribution in [0.1, 0.15) is 18.5 Å². The molecule has 1 aliphatic rings. The van der Waals surface area contributed by atoms with Gasteiger partial charge >= 0.3 is 6.18 Å². The SMILES string of the molecule is COc1ccc(Cl)cc1Nc1cc(C(F)(F)F)nc(NC2CC2)n1. The average molecular weight is 359 g/mol. The molecule has 1 fully saturated rings. The molecular weight excluding hydrogens is 345 g/mol. The summed E-state index contributed by atoms with van der Waals surface area (Å²) in [5, 5.41) is 6.10. The van der Waals surface area contributed by atoms with Crippen LogP contribution in [0.4, 0.5) is 30.6 Å². The first-order valence-corrected chi connectivity index (χ1v) is 7.56. The molecule has 0 aliphatic heterocycles. The number of anilines is 3. The zero-order chi connectivity index (χ0) is 17.3. The summed E-state index contributed by atoms with van der Waals surface area (Å²) >= 11 is 5.93. The second-order valence-corrected chi connectivity index (χ2v) is 5.78. The van der Waals surface area contributed by atoms with Crippen LogP contribution in [0.5, 0.6) is 5.75 Å². The normalized spacial score (nSPS) is 14.4. The summed E-state index contributed by atoms with van der Waals surface area (Å²) in [5.41, 5.74) is -0.613. The van der Waals surface area contributed by atoms with Crippen molar-refractivity contribution in [3.05, 3.63) is 35.0 Å². The van der Waals surface area contributed by atoms with Crippen LogP contribution in [0.2, 0.25) is 5.02 Å². The van der Waals surface area contributed by atoms with Crippen molar-refractivity contribution in [1.29, 1.82) is 0 Å². The zero-order valence-electron chi connectivity index (χ0n) is 12.6. The van der Waals surface area contributed by atoms with Crippen LogP contribution >= 0.6 is 11.6 Å². The Morgan fingerprint density at radius 2 is 1.96 bits per heavy atom. The molecule has 2 aromatic rings. The van der Waals surface area contributed by atoms with Crippen molar-refractivity contribution in [2.45, 2.75) is 25.1 Å². The number of nitrogens with one attached hydrogen (secondary N) is 2. The van der Waals surface area contributed by atoms with Gasteiger partial charge in [-0.05, 0) is 31.0 Å². The van der Waals surface area contributed by atoms with Gasteiger partial charge in [0.25, 0.3) is 0 Å². The summed E-state index contributed by atoms with van der Waals surface area (Å²) in [5.74, 6) is 0.375. The van der Waals surface area contributed by atoms with Crippen molar-refractivity contribution in [3.8, 4) is 5.75 Å². The van der Waals surface area contributed by atoms with E-state index >= 15 is 0 Å². The number of hydrogen-bond donors (Lipinski definition) is 2. The summed E-state index contributed by atoms with van der Waals surface area (Å²) in [7, 11) is 1.45. The summed E-state index contributed by atoms with van der Waals surface area (Å²) in [4.78, 5) is 7.64. The van der Waals surface area contributed by atoms with Gasteiger partial charge in [0.1, 0.15) is 11.6 Å². The molecule has 0 amide bonds. The molecule has 1 aromatic carbocycles. The Bertz CT molecular complexity index is 750. The fourth-order valence-corrected chi connectivity index (χ4v) is 2.22. The second-order valence-electron chi connectivity index (χ2n) is 5.35. The van der Waals surface area contributed by atoms with E-state index in [0.29, 0.717) is 16.5 Å². The molecule has 0 saturated heterocycles. The lowest BCUT2D eigenvalue weighted by molar-refractivity contribution is -0.141. The quantitative estimate of drug-likeness (QED) is 0.825. The van der Waals surface area contributed by atoms with Gasteiger partial charge in [0.15, 0.2) is 5.69 Å². The smallest absolute Gasteiger partial charge is 0.433 e. The maximum atomic E-state index is 13.1. The first-order valence-electron chi connectivity index (χ1n) is 7.18. The van der Waals surface area contributed by atoms with Crippen LogP contribution in [0.3, 0.4) is 0 Å². The first-order chi connectivity index (χ1) is 11.3. The van der Waals surface area contributed by atoms with E-state index < -0.39 is 11.9 Å². The Balaban J connectivity index is 1.95. The van der Waals surface area contributed by atoms with E-state index in [1.54, 1.807) is 18.2 Å². The molecule has 0 bridgehead atoms. The number of hydrogen-bond acceptors (Lipinski definition) is 5. The summed E-state index contributed by atoms with van der Waals surface area (Å²) in [6.45, 7) is 0. The molecule has 1 aromatic heterocycles. The lowest BCUT2D eigenvalue weighted by Crippen LogP contribution is -2.14. The second kappa shape index (κ2) is 6.35. The van der Waals surface area contributed by atoms with E-state index in [-0.39, 0.29) is 17.8 Å². The van der Waals surface area contributed by atoms with Crippen molar-refractivity contribution in [1.82, 2.24) is 9.97 Å². The molecule has 0 atom stereocenters. The molecule has 1 heterocycles. The third kappa shape index (κ3) is 4.00. The molecule has 0 spiro atoms. The van der Waals surface area contributed by atoms with Gasteiger partial charge < -0.3 is 15.4 Å². The Morgan fingerprint density at radius 3 is 2.58 bits per heavy atom. The van der Waals surface area contributed by atoms with Crippen molar-refractivity contribution < 1.29 is 17.9 Å². The van der Waals surface area contributed by atoms with Crippen molar-refractivity contribution in [3.63, 3.8) is 0 Å². The highest BCUT2D eigenvalue weighted by Gasteiger charge is 2.34. The van der Waals surface area contributed by atoms with E-state index in [4.69, 9.17) is 16.3 Å². The Kier molecular flexibility index (Phi) is 4.40. The van der Waals surface area contributed by atoms with Crippen LogP contribution in [0.15, 0.2) is 24.3 Å². The van der Waals surface area contributed by atoms with Gasteiger partial charge in [-0.2, -0.15) is 18.2 Å². The minimum Gasteiger partial charge on any atom is -0.495 e. The highest BCUT2D eigenvalue weighted by atomic mass is 35.5. The number of aromatic nitrogens is 2. The fraction of sp³-hybridized carbons (Fsp3) is 0.333. The van der Waals surface area contributed by atoms with E-state index in [1.165, 1.54) is 7.11 Å². The lowest BCUT2D eigenvalue weighted by Gasteiger charge is -2.14. The van der Waals surface area contributed by atoms with Crippen molar-refractivity contribution in [2.24, 2.45) is 0 Å². The maximum absolute atomic E-state index is 13.1. The predicted molar refractivity (Wildman–Crippen MR) is 85.0 cm³/mol. The molecule has 0 unspecified atom stereocenters. The minimum absolute atomic E-state index is 0.000965. The largest absolute Gasteiger partial charge is 0.495 e. The van der Waals surface area contributed by atoms with Gasteiger partial charge in [-0.1, -0.05) is 11.6 Å². The molecule has 0 radical (unpaired) electrons. The monoisotopic (exact) mass is 358 g/mol. The Labute approximate surface area is 141 Å². The fourth-order valence-electron chi connectivity index (χ4n) is 2.05. The number of methoxy groups -OCH3 is 1. The predicted octanol–water partition coefficient (Wildman–Crippen LogP) is 4.48. The molecule has 1 aliphatic carbocycles. The third-order valence-corrected chi connectivity index (χ3v) is 3.59. The lowest BCUT2D eigenvalue weighted by atomic mass is 10.3. The van der Waals surface area contributed by atoms with E-state index in [2.05, 4.69) is 20.6 Å². The molecule has 9 heteroatoms. The number of benzene rings is 1. The van der Waals surface area contributed by atoms with E-state index in [0.717, 1.165) is 18.9 Å². The Hall–Kier alpha value is -2.22. The third-order valence-electron chi connectivity index (χ3n) is 3.35. The highest BCUT2D eigenvalue weighted by Crippen LogP contribution is 2.34. The van der Waals surface area contributed by atoms with Gasteiger partial charge in [-0.25, -0.2) is 4.98 Å². The Morgan fingerprint density at radius 1 is 1.21 bits per heavy atom. The topological polar surface area (TPSA) is 59.1 Å². The number of ether oxygens (including phenoxy) is 1. The van der Waals surface area contributed by atoms with Crippen LogP contribution < -0.4 is 15.4 Å². The number of halogens is 4. The van der Waals surface area contributed by atoms with Crippen LogP contribution in [0.25, 0.3) is 0 Å². The van der Waals surface area contributed by atoms with Gasteiger partial charge in [-0.3, -0.25) is 0 Å².